The van der Waals surface area contributed by atoms with E-state index in [-0.39, 0.29) is 0 Å². The standard InChI is InChI=1S/C13H16N2/c14-10-13-3-1-2-12(9-13)8-11-4-6-15-7-5-11/h1-3,9,11,15H,4-8H2. The lowest BCUT2D eigenvalue weighted by Crippen LogP contribution is -2.28. The summed E-state index contributed by atoms with van der Waals surface area (Å²) in [5.74, 6) is 0.792. The summed E-state index contributed by atoms with van der Waals surface area (Å²) in [5.41, 5.74) is 2.09. The molecule has 0 spiro atoms. The van der Waals surface area contributed by atoms with Crippen LogP contribution in [0, 0.1) is 17.2 Å². The Kier molecular flexibility index (Phi) is 3.37. The minimum Gasteiger partial charge on any atom is -0.317 e. The van der Waals surface area contributed by atoms with Gasteiger partial charge in [0.05, 0.1) is 11.6 Å². The molecule has 0 atom stereocenters. The molecule has 2 heteroatoms. The van der Waals surface area contributed by atoms with E-state index in [1.807, 2.05) is 18.2 Å². The summed E-state index contributed by atoms with van der Waals surface area (Å²) in [6, 6.07) is 10.2. The second-order valence-corrected chi connectivity index (χ2v) is 4.21. The normalized spacial score (nSPS) is 17.3. The largest absolute Gasteiger partial charge is 0.317 e. The van der Waals surface area contributed by atoms with E-state index in [2.05, 4.69) is 17.5 Å². The van der Waals surface area contributed by atoms with E-state index < -0.39 is 0 Å². The van der Waals surface area contributed by atoms with Crippen LogP contribution < -0.4 is 5.32 Å². The van der Waals surface area contributed by atoms with Gasteiger partial charge in [0.1, 0.15) is 0 Å². The summed E-state index contributed by atoms with van der Waals surface area (Å²) in [4.78, 5) is 0. The van der Waals surface area contributed by atoms with Crippen molar-refractivity contribution in [3.63, 3.8) is 0 Å². The lowest BCUT2D eigenvalue weighted by atomic mass is 9.90. The molecule has 78 valence electrons. The third kappa shape index (κ3) is 2.81. The Labute approximate surface area is 90.9 Å². The topological polar surface area (TPSA) is 35.8 Å². The van der Waals surface area contributed by atoms with E-state index in [9.17, 15) is 0 Å². The first-order valence-electron chi connectivity index (χ1n) is 5.58. The van der Waals surface area contributed by atoms with E-state index in [0.29, 0.717) is 0 Å². The Bertz CT molecular complexity index is 359. The zero-order valence-corrected chi connectivity index (χ0v) is 8.87. The Morgan fingerprint density at radius 2 is 2.13 bits per heavy atom. The highest BCUT2D eigenvalue weighted by Crippen LogP contribution is 2.18. The number of nitriles is 1. The van der Waals surface area contributed by atoms with Gasteiger partial charge < -0.3 is 5.32 Å². The fourth-order valence-electron chi connectivity index (χ4n) is 2.19. The smallest absolute Gasteiger partial charge is 0.0991 e. The van der Waals surface area contributed by atoms with Crippen LogP contribution in [0.25, 0.3) is 0 Å². The first-order chi connectivity index (χ1) is 7.38. The van der Waals surface area contributed by atoms with Gasteiger partial charge in [0.2, 0.25) is 0 Å². The van der Waals surface area contributed by atoms with Gasteiger partial charge in [-0.05, 0) is 56.0 Å². The van der Waals surface area contributed by atoms with Gasteiger partial charge in [-0.1, -0.05) is 12.1 Å². The summed E-state index contributed by atoms with van der Waals surface area (Å²) in [7, 11) is 0. The van der Waals surface area contributed by atoms with Crippen molar-refractivity contribution in [2.24, 2.45) is 5.92 Å². The predicted molar refractivity (Wildman–Crippen MR) is 60.5 cm³/mol. The minimum absolute atomic E-state index is 0.779. The van der Waals surface area contributed by atoms with Crippen LogP contribution in [0.2, 0.25) is 0 Å². The van der Waals surface area contributed by atoms with Gasteiger partial charge in [-0.3, -0.25) is 0 Å². The summed E-state index contributed by atoms with van der Waals surface area (Å²) in [6.45, 7) is 2.28. The molecule has 2 nitrogen and oxygen atoms in total. The van der Waals surface area contributed by atoms with Crippen molar-refractivity contribution in [2.75, 3.05) is 13.1 Å². The van der Waals surface area contributed by atoms with Crippen molar-refractivity contribution in [3.8, 4) is 6.07 Å². The van der Waals surface area contributed by atoms with Gasteiger partial charge in [0.25, 0.3) is 0 Å². The number of rotatable bonds is 2. The van der Waals surface area contributed by atoms with E-state index in [1.165, 1.54) is 18.4 Å². The molecule has 1 aliphatic rings. The molecule has 1 heterocycles. The van der Waals surface area contributed by atoms with Gasteiger partial charge in [0, 0.05) is 0 Å². The lowest BCUT2D eigenvalue weighted by molar-refractivity contribution is 0.372. The highest BCUT2D eigenvalue weighted by atomic mass is 14.9. The average Bonchev–Trinajstić information content (AvgIpc) is 2.31. The van der Waals surface area contributed by atoms with Crippen LogP contribution >= 0.6 is 0 Å². The third-order valence-corrected chi connectivity index (χ3v) is 3.04. The first-order valence-corrected chi connectivity index (χ1v) is 5.58. The summed E-state index contributed by atoms with van der Waals surface area (Å²) >= 11 is 0. The maximum atomic E-state index is 8.81. The van der Waals surface area contributed by atoms with Crippen LogP contribution in [0.1, 0.15) is 24.0 Å². The van der Waals surface area contributed by atoms with Gasteiger partial charge in [-0.25, -0.2) is 0 Å². The molecular weight excluding hydrogens is 184 g/mol. The van der Waals surface area contributed by atoms with Gasteiger partial charge in [-0.15, -0.1) is 0 Å². The maximum absolute atomic E-state index is 8.81. The minimum atomic E-state index is 0.779. The van der Waals surface area contributed by atoms with E-state index in [4.69, 9.17) is 5.26 Å². The van der Waals surface area contributed by atoms with E-state index in [1.54, 1.807) is 0 Å². The second-order valence-electron chi connectivity index (χ2n) is 4.21. The predicted octanol–water partition coefficient (Wildman–Crippen LogP) is 2.10. The van der Waals surface area contributed by atoms with Crippen LogP contribution in [0.4, 0.5) is 0 Å². The number of hydrogen-bond donors (Lipinski definition) is 1. The van der Waals surface area contributed by atoms with Crippen molar-refractivity contribution < 1.29 is 0 Å². The molecule has 1 fully saturated rings. The Hall–Kier alpha value is -1.33. The molecule has 0 aliphatic carbocycles. The molecule has 0 bridgehead atoms. The van der Waals surface area contributed by atoms with Crippen LogP contribution in [-0.4, -0.2) is 13.1 Å². The number of hydrogen-bond acceptors (Lipinski definition) is 2. The van der Waals surface area contributed by atoms with Crippen molar-refractivity contribution in [3.05, 3.63) is 35.4 Å². The quantitative estimate of drug-likeness (QED) is 0.793. The molecule has 1 aliphatic heterocycles. The molecule has 0 radical (unpaired) electrons. The van der Waals surface area contributed by atoms with Crippen molar-refractivity contribution in [1.82, 2.24) is 5.32 Å². The Balaban J connectivity index is 2.00. The molecule has 1 N–H and O–H groups in total. The van der Waals surface area contributed by atoms with E-state index in [0.717, 1.165) is 31.0 Å². The highest BCUT2D eigenvalue weighted by molar-refractivity contribution is 5.32. The third-order valence-electron chi connectivity index (χ3n) is 3.04. The molecule has 1 aromatic carbocycles. The van der Waals surface area contributed by atoms with Gasteiger partial charge in [-0.2, -0.15) is 5.26 Å². The number of nitrogens with one attached hydrogen (secondary N) is 1. The number of benzene rings is 1. The SMILES string of the molecule is N#Cc1cccc(CC2CCNCC2)c1. The molecule has 0 saturated carbocycles. The summed E-state index contributed by atoms with van der Waals surface area (Å²) in [6.07, 6.45) is 3.64. The van der Waals surface area contributed by atoms with Crippen LogP contribution in [0.15, 0.2) is 24.3 Å². The molecule has 0 aromatic heterocycles. The van der Waals surface area contributed by atoms with E-state index >= 15 is 0 Å². The molecule has 1 aromatic rings. The fraction of sp³-hybridized carbons (Fsp3) is 0.462. The molecule has 0 unspecified atom stereocenters. The Morgan fingerprint density at radius 1 is 1.33 bits per heavy atom. The summed E-state index contributed by atoms with van der Waals surface area (Å²) < 4.78 is 0. The van der Waals surface area contributed by atoms with Crippen LogP contribution in [-0.2, 0) is 6.42 Å². The number of nitrogens with zero attached hydrogens (tertiary/aromatic N) is 1. The van der Waals surface area contributed by atoms with Crippen molar-refractivity contribution in [1.29, 1.82) is 5.26 Å². The van der Waals surface area contributed by atoms with Crippen LogP contribution in [0.5, 0.6) is 0 Å². The highest BCUT2D eigenvalue weighted by Gasteiger charge is 2.13. The zero-order chi connectivity index (χ0) is 10.5. The molecule has 0 amide bonds. The molecule has 1 saturated heterocycles. The van der Waals surface area contributed by atoms with Crippen molar-refractivity contribution >= 4 is 0 Å². The Morgan fingerprint density at radius 3 is 2.87 bits per heavy atom. The zero-order valence-electron chi connectivity index (χ0n) is 8.87. The van der Waals surface area contributed by atoms with Gasteiger partial charge >= 0.3 is 0 Å². The second kappa shape index (κ2) is 4.95. The monoisotopic (exact) mass is 200 g/mol. The van der Waals surface area contributed by atoms with Crippen molar-refractivity contribution in [2.45, 2.75) is 19.3 Å². The molecule has 15 heavy (non-hydrogen) atoms. The first kappa shape index (κ1) is 10.2. The fourth-order valence-corrected chi connectivity index (χ4v) is 2.19. The molecular formula is C13H16N2. The molecule has 2 rings (SSSR count). The lowest BCUT2D eigenvalue weighted by Gasteiger charge is -2.22. The average molecular weight is 200 g/mol. The van der Waals surface area contributed by atoms with Crippen LogP contribution in [0.3, 0.4) is 0 Å². The van der Waals surface area contributed by atoms with Gasteiger partial charge in [0.15, 0.2) is 0 Å². The maximum Gasteiger partial charge on any atom is 0.0991 e. The number of piperidine rings is 1. The summed E-state index contributed by atoms with van der Waals surface area (Å²) in [5, 5.41) is 12.2.